The van der Waals surface area contributed by atoms with Crippen LogP contribution in [-0.2, 0) is 5.41 Å². The van der Waals surface area contributed by atoms with Crippen LogP contribution >= 0.6 is 0 Å². The monoisotopic (exact) mass is 213 g/mol. The normalized spacial score (nSPS) is 30.6. The molecular weight excluding hydrogens is 194 g/mol. The van der Waals surface area contributed by atoms with Crippen molar-refractivity contribution < 1.29 is 0 Å². The van der Waals surface area contributed by atoms with E-state index in [1.54, 1.807) is 5.57 Å². The minimum Gasteiger partial charge on any atom is -0.327 e. The van der Waals surface area contributed by atoms with Gasteiger partial charge in [0.2, 0.25) is 0 Å². The lowest BCUT2D eigenvalue weighted by atomic mass is 9.72. The number of hydrogen-bond acceptors (Lipinski definition) is 1. The largest absolute Gasteiger partial charge is 0.327 e. The van der Waals surface area contributed by atoms with Crippen LogP contribution in [0.15, 0.2) is 30.3 Å². The van der Waals surface area contributed by atoms with Crippen LogP contribution in [0.5, 0.6) is 0 Å². The van der Waals surface area contributed by atoms with Crippen LogP contribution < -0.4 is 5.73 Å². The molecule has 0 bridgehead atoms. The van der Waals surface area contributed by atoms with Gasteiger partial charge in [0, 0.05) is 6.04 Å². The van der Waals surface area contributed by atoms with Gasteiger partial charge in [-0.15, -0.1) is 0 Å². The first-order valence-corrected chi connectivity index (χ1v) is 6.16. The molecular formula is C15H19N. The first-order valence-electron chi connectivity index (χ1n) is 6.16. The maximum atomic E-state index is 6.10. The topological polar surface area (TPSA) is 26.0 Å². The second kappa shape index (κ2) is 3.21. The van der Waals surface area contributed by atoms with E-state index < -0.39 is 0 Å². The predicted octanol–water partition coefficient (Wildman–Crippen LogP) is 3.10. The number of benzene rings is 1. The lowest BCUT2D eigenvalue weighted by Gasteiger charge is -2.33. The predicted molar refractivity (Wildman–Crippen MR) is 68.1 cm³/mol. The van der Waals surface area contributed by atoms with Crippen LogP contribution in [0.3, 0.4) is 0 Å². The van der Waals surface area contributed by atoms with E-state index in [1.165, 1.54) is 11.1 Å². The molecule has 0 aromatic heterocycles. The van der Waals surface area contributed by atoms with Gasteiger partial charge in [0.05, 0.1) is 0 Å². The Morgan fingerprint density at radius 3 is 2.81 bits per heavy atom. The average Bonchev–Trinajstić information content (AvgIpc) is 2.49. The number of rotatable bonds is 0. The van der Waals surface area contributed by atoms with E-state index in [9.17, 15) is 0 Å². The highest BCUT2D eigenvalue weighted by molar-refractivity contribution is 5.78. The van der Waals surface area contributed by atoms with E-state index in [0.29, 0.717) is 12.0 Å². The Labute approximate surface area is 97.4 Å². The molecule has 2 N–H and O–H groups in total. The van der Waals surface area contributed by atoms with Crippen molar-refractivity contribution in [3.63, 3.8) is 0 Å². The van der Waals surface area contributed by atoms with Crippen molar-refractivity contribution >= 4 is 5.57 Å². The van der Waals surface area contributed by atoms with Gasteiger partial charge in [-0.2, -0.15) is 0 Å². The van der Waals surface area contributed by atoms with Gasteiger partial charge in [-0.1, -0.05) is 44.2 Å². The van der Waals surface area contributed by atoms with E-state index in [1.807, 2.05) is 0 Å². The van der Waals surface area contributed by atoms with Gasteiger partial charge < -0.3 is 5.73 Å². The van der Waals surface area contributed by atoms with Crippen molar-refractivity contribution in [1.29, 1.82) is 0 Å². The molecule has 2 aliphatic carbocycles. The second-order valence-corrected chi connectivity index (χ2v) is 5.71. The first-order chi connectivity index (χ1) is 7.60. The van der Waals surface area contributed by atoms with Crippen LogP contribution in [0.4, 0.5) is 0 Å². The average molecular weight is 213 g/mol. The fourth-order valence-corrected chi connectivity index (χ4v) is 3.41. The molecule has 2 aliphatic rings. The Hall–Kier alpha value is -1.08. The molecule has 0 fully saturated rings. The first kappa shape index (κ1) is 10.1. The zero-order chi connectivity index (χ0) is 11.3. The summed E-state index contributed by atoms with van der Waals surface area (Å²) in [7, 11) is 0. The molecule has 0 heterocycles. The van der Waals surface area contributed by atoms with E-state index in [-0.39, 0.29) is 5.41 Å². The van der Waals surface area contributed by atoms with Crippen LogP contribution in [0.25, 0.3) is 5.57 Å². The van der Waals surface area contributed by atoms with Crippen molar-refractivity contribution in [3.8, 4) is 0 Å². The van der Waals surface area contributed by atoms with Gasteiger partial charge >= 0.3 is 0 Å². The zero-order valence-corrected chi connectivity index (χ0v) is 10.0. The maximum Gasteiger partial charge on any atom is 0.00797 e. The maximum absolute atomic E-state index is 6.10. The van der Waals surface area contributed by atoms with Gasteiger partial charge in [0.15, 0.2) is 0 Å². The minimum absolute atomic E-state index is 0.250. The summed E-state index contributed by atoms with van der Waals surface area (Å²) in [4.78, 5) is 0. The Balaban J connectivity index is 2.19. The molecule has 0 spiro atoms. The summed E-state index contributed by atoms with van der Waals surface area (Å²) in [5.41, 5.74) is 10.9. The highest BCUT2D eigenvalue weighted by Gasteiger charge is 2.44. The second-order valence-electron chi connectivity index (χ2n) is 5.71. The molecule has 0 aliphatic heterocycles. The van der Waals surface area contributed by atoms with Crippen LogP contribution in [0.2, 0.25) is 0 Å². The quantitative estimate of drug-likeness (QED) is 0.704. The van der Waals surface area contributed by atoms with E-state index >= 15 is 0 Å². The highest BCUT2D eigenvalue weighted by Crippen LogP contribution is 2.53. The summed E-state index contributed by atoms with van der Waals surface area (Å²) in [6.07, 6.45) is 4.54. The molecule has 0 saturated carbocycles. The number of nitrogens with two attached hydrogens (primary N) is 1. The van der Waals surface area contributed by atoms with Crippen LogP contribution in [0.1, 0.15) is 37.8 Å². The van der Waals surface area contributed by atoms with Gasteiger partial charge in [0.25, 0.3) is 0 Å². The van der Waals surface area contributed by atoms with E-state index in [0.717, 1.165) is 12.8 Å². The number of allylic oxidation sites excluding steroid dienone is 1. The SMILES string of the molecule is CC1(C)c2ccccc2C2=CCC(N)CC21. The molecule has 0 amide bonds. The fourth-order valence-electron chi connectivity index (χ4n) is 3.41. The molecule has 16 heavy (non-hydrogen) atoms. The summed E-state index contributed by atoms with van der Waals surface area (Å²) in [5.74, 6) is 0.619. The summed E-state index contributed by atoms with van der Waals surface area (Å²) >= 11 is 0. The summed E-state index contributed by atoms with van der Waals surface area (Å²) in [5, 5.41) is 0. The Bertz CT molecular complexity index is 456. The van der Waals surface area contributed by atoms with Gasteiger partial charge in [0.1, 0.15) is 0 Å². The van der Waals surface area contributed by atoms with Crippen LogP contribution in [-0.4, -0.2) is 6.04 Å². The number of hydrogen-bond donors (Lipinski definition) is 1. The standard InChI is InChI=1S/C15H19N/c1-15(2)13-6-4-3-5-11(13)12-8-7-10(16)9-14(12)15/h3-6,8,10,14H,7,9,16H2,1-2H3. The minimum atomic E-state index is 0.250. The number of fused-ring (bicyclic) bond motifs is 3. The van der Waals surface area contributed by atoms with Crippen molar-refractivity contribution in [1.82, 2.24) is 0 Å². The lowest BCUT2D eigenvalue weighted by molar-refractivity contribution is 0.355. The van der Waals surface area contributed by atoms with Crippen LogP contribution in [0, 0.1) is 5.92 Å². The Morgan fingerprint density at radius 2 is 2.00 bits per heavy atom. The van der Waals surface area contributed by atoms with Crippen molar-refractivity contribution in [2.24, 2.45) is 11.7 Å². The third-order valence-electron chi connectivity index (χ3n) is 4.36. The fraction of sp³-hybridized carbons (Fsp3) is 0.467. The lowest BCUT2D eigenvalue weighted by Crippen LogP contribution is -2.33. The van der Waals surface area contributed by atoms with E-state index in [4.69, 9.17) is 5.73 Å². The Morgan fingerprint density at radius 1 is 1.25 bits per heavy atom. The summed E-state index contributed by atoms with van der Waals surface area (Å²) < 4.78 is 0. The van der Waals surface area contributed by atoms with Gasteiger partial charge in [-0.25, -0.2) is 0 Å². The molecule has 0 saturated heterocycles. The zero-order valence-electron chi connectivity index (χ0n) is 10.0. The third kappa shape index (κ3) is 1.21. The molecule has 1 nitrogen and oxygen atoms in total. The van der Waals surface area contributed by atoms with Gasteiger partial charge in [-0.3, -0.25) is 0 Å². The molecule has 2 atom stereocenters. The smallest absolute Gasteiger partial charge is 0.00797 e. The molecule has 84 valence electrons. The molecule has 0 radical (unpaired) electrons. The molecule has 1 aromatic rings. The Kier molecular flexibility index (Phi) is 2.02. The van der Waals surface area contributed by atoms with E-state index in [2.05, 4.69) is 44.2 Å². The summed E-state index contributed by atoms with van der Waals surface area (Å²) in [6.45, 7) is 4.71. The molecule has 3 rings (SSSR count). The summed E-state index contributed by atoms with van der Waals surface area (Å²) in [6, 6.07) is 9.19. The van der Waals surface area contributed by atoms with Crippen molar-refractivity contribution in [3.05, 3.63) is 41.5 Å². The van der Waals surface area contributed by atoms with Gasteiger partial charge in [-0.05, 0) is 40.9 Å². The van der Waals surface area contributed by atoms with Crippen molar-refractivity contribution in [2.45, 2.75) is 38.1 Å². The van der Waals surface area contributed by atoms with Crippen molar-refractivity contribution in [2.75, 3.05) is 0 Å². The molecule has 1 aromatic carbocycles. The third-order valence-corrected chi connectivity index (χ3v) is 4.36. The highest BCUT2D eigenvalue weighted by atomic mass is 14.6. The molecule has 2 unspecified atom stereocenters. The molecule has 1 heteroatoms.